The number of hydrogen-bond donors (Lipinski definition) is 2. The fourth-order valence-corrected chi connectivity index (χ4v) is 2.18. The molecule has 0 bridgehead atoms. The molecule has 7 heteroatoms. The summed E-state index contributed by atoms with van der Waals surface area (Å²) in [5.74, 6) is 0.0370. The van der Waals surface area contributed by atoms with E-state index < -0.39 is 6.04 Å². The van der Waals surface area contributed by atoms with Crippen molar-refractivity contribution < 1.29 is 19.1 Å². The zero-order valence-electron chi connectivity index (χ0n) is 14.5. The average Bonchev–Trinajstić information content (AvgIpc) is 2.63. The molecule has 140 valence electrons. The Balaban J connectivity index is 0.00000338. The minimum absolute atomic E-state index is 0. The number of anilines is 1. The molecule has 0 aliphatic heterocycles. The number of ether oxygens (including phenoxy) is 2. The highest BCUT2D eigenvalue weighted by atomic mass is 35.5. The van der Waals surface area contributed by atoms with Crippen LogP contribution in [0.15, 0.2) is 54.6 Å². The molecule has 0 fully saturated rings. The molecule has 0 aliphatic carbocycles. The van der Waals surface area contributed by atoms with E-state index in [0.717, 1.165) is 5.56 Å². The Morgan fingerprint density at radius 2 is 1.73 bits per heavy atom. The van der Waals surface area contributed by atoms with Gasteiger partial charge in [0.25, 0.3) is 0 Å². The van der Waals surface area contributed by atoms with Crippen molar-refractivity contribution in [2.24, 2.45) is 5.73 Å². The molecule has 0 saturated heterocycles. The molecule has 2 rings (SSSR count). The van der Waals surface area contributed by atoms with Crippen LogP contribution >= 0.6 is 12.4 Å². The number of esters is 1. The summed E-state index contributed by atoms with van der Waals surface area (Å²) in [5.41, 5.74) is 7.60. The first-order chi connectivity index (χ1) is 12.1. The Bertz CT molecular complexity index is 692. The fraction of sp³-hybridized carbons (Fsp3) is 0.263. The Morgan fingerprint density at radius 1 is 1.08 bits per heavy atom. The summed E-state index contributed by atoms with van der Waals surface area (Å²) in [4.78, 5) is 23.2. The summed E-state index contributed by atoms with van der Waals surface area (Å²) in [6.45, 7) is 0.236. The summed E-state index contributed by atoms with van der Waals surface area (Å²) in [7, 11) is 1.34. The second kappa shape index (κ2) is 11.1. The number of amides is 1. The maximum atomic E-state index is 12.2. The third-order valence-electron chi connectivity index (χ3n) is 3.56. The van der Waals surface area contributed by atoms with Crippen LogP contribution in [-0.2, 0) is 20.7 Å². The van der Waals surface area contributed by atoms with Gasteiger partial charge in [-0.25, -0.2) is 0 Å². The highest BCUT2D eigenvalue weighted by Gasteiger charge is 2.14. The van der Waals surface area contributed by atoms with E-state index in [4.69, 9.17) is 10.5 Å². The van der Waals surface area contributed by atoms with E-state index in [2.05, 4.69) is 10.1 Å². The molecule has 0 aliphatic rings. The van der Waals surface area contributed by atoms with E-state index in [-0.39, 0.29) is 37.3 Å². The summed E-state index contributed by atoms with van der Waals surface area (Å²) in [6, 6.07) is 15.9. The van der Waals surface area contributed by atoms with Crippen LogP contribution in [0, 0.1) is 0 Å². The molecule has 0 spiro atoms. The lowest BCUT2D eigenvalue weighted by Gasteiger charge is -2.13. The van der Waals surface area contributed by atoms with Gasteiger partial charge in [0.05, 0.1) is 26.2 Å². The summed E-state index contributed by atoms with van der Waals surface area (Å²) in [6.07, 6.45) is 0.657. The second-order valence-electron chi connectivity index (χ2n) is 5.48. The molecule has 1 atom stereocenters. The van der Waals surface area contributed by atoms with E-state index in [9.17, 15) is 9.59 Å². The molecule has 0 unspecified atom stereocenters. The van der Waals surface area contributed by atoms with Crippen LogP contribution < -0.4 is 15.8 Å². The first kappa shape index (κ1) is 21.5. The Hall–Kier alpha value is -2.57. The number of carbonyl (C=O) groups excluding carboxylic acids is 2. The highest BCUT2D eigenvalue weighted by Crippen LogP contribution is 2.16. The van der Waals surface area contributed by atoms with E-state index >= 15 is 0 Å². The number of rotatable bonds is 8. The monoisotopic (exact) mass is 378 g/mol. The number of halogens is 1. The lowest BCUT2D eigenvalue weighted by molar-refractivity contribution is -0.141. The first-order valence-corrected chi connectivity index (χ1v) is 7.98. The van der Waals surface area contributed by atoms with E-state index in [0.29, 0.717) is 17.9 Å². The minimum Gasteiger partial charge on any atom is -0.493 e. The van der Waals surface area contributed by atoms with Crippen LogP contribution in [0.25, 0.3) is 0 Å². The van der Waals surface area contributed by atoms with Crippen LogP contribution in [-0.4, -0.2) is 31.6 Å². The van der Waals surface area contributed by atoms with Gasteiger partial charge in [-0.05, 0) is 36.2 Å². The highest BCUT2D eigenvalue weighted by molar-refractivity contribution is 5.94. The van der Waals surface area contributed by atoms with E-state index in [1.807, 2.05) is 30.3 Å². The van der Waals surface area contributed by atoms with Gasteiger partial charge >= 0.3 is 5.97 Å². The Kier molecular flexibility index (Phi) is 9.19. The lowest BCUT2D eigenvalue weighted by atomic mass is 10.1. The third kappa shape index (κ3) is 7.13. The van der Waals surface area contributed by atoms with Crippen LogP contribution in [0.5, 0.6) is 5.75 Å². The minimum atomic E-state index is -0.626. The van der Waals surface area contributed by atoms with Crippen LogP contribution in [0.1, 0.15) is 12.0 Å². The van der Waals surface area contributed by atoms with Crippen molar-refractivity contribution in [1.82, 2.24) is 0 Å². The quantitative estimate of drug-likeness (QED) is 0.689. The molecular weight excluding hydrogens is 356 g/mol. The molecule has 0 radical (unpaired) electrons. The molecule has 2 aromatic rings. The van der Waals surface area contributed by atoms with Gasteiger partial charge in [0.2, 0.25) is 5.91 Å². The Labute approximate surface area is 159 Å². The van der Waals surface area contributed by atoms with Crippen molar-refractivity contribution in [3.05, 3.63) is 60.2 Å². The molecule has 26 heavy (non-hydrogen) atoms. The summed E-state index contributed by atoms with van der Waals surface area (Å²) < 4.78 is 9.96. The van der Waals surface area contributed by atoms with E-state index in [1.54, 1.807) is 24.3 Å². The van der Waals surface area contributed by atoms with Crippen molar-refractivity contribution in [3.63, 3.8) is 0 Å². The number of methoxy groups -OCH3 is 1. The first-order valence-electron chi connectivity index (χ1n) is 7.98. The molecule has 0 aromatic heterocycles. The molecule has 3 N–H and O–H groups in total. The van der Waals surface area contributed by atoms with Crippen molar-refractivity contribution in [2.75, 3.05) is 19.0 Å². The Morgan fingerprint density at radius 3 is 2.35 bits per heavy atom. The number of benzene rings is 2. The SMILES string of the molecule is COC(=O)CCOc1ccc(NC(=O)[C@@H](N)Cc2ccccc2)cc1.Cl. The van der Waals surface area contributed by atoms with Gasteiger partial charge in [-0.1, -0.05) is 30.3 Å². The van der Waals surface area contributed by atoms with Gasteiger partial charge in [-0.2, -0.15) is 0 Å². The van der Waals surface area contributed by atoms with Crippen LogP contribution in [0.4, 0.5) is 5.69 Å². The van der Waals surface area contributed by atoms with Gasteiger partial charge in [0.1, 0.15) is 5.75 Å². The molecule has 1 amide bonds. The lowest BCUT2D eigenvalue weighted by Crippen LogP contribution is -2.37. The second-order valence-corrected chi connectivity index (χ2v) is 5.48. The molecule has 0 saturated carbocycles. The predicted octanol–water partition coefficient (Wildman–Crippen LogP) is 2.56. The fourth-order valence-electron chi connectivity index (χ4n) is 2.18. The standard InChI is InChI=1S/C19H22N2O4.ClH/c1-24-18(22)11-12-25-16-9-7-15(8-10-16)21-19(23)17(20)13-14-5-3-2-4-6-14;/h2-10,17H,11-13,20H2,1H3,(H,21,23);1H/t17-;/m0./s1. The topological polar surface area (TPSA) is 90.6 Å². The van der Waals surface area contributed by atoms with Gasteiger partial charge in [0.15, 0.2) is 0 Å². The maximum Gasteiger partial charge on any atom is 0.308 e. The van der Waals surface area contributed by atoms with Crippen LogP contribution in [0.3, 0.4) is 0 Å². The molecular formula is C19H23ClN2O4. The number of nitrogens with one attached hydrogen (secondary N) is 1. The number of nitrogens with two attached hydrogens (primary N) is 1. The van der Waals surface area contributed by atoms with Crippen molar-refractivity contribution >= 4 is 30.0 Å². The van der Waals surface area contributed by atoms with Gasteiger partial charge in [-0.3, -0.25) is 9.59 Å². The predicted molar refractivity (Wildman–Crippen MR) is 103 cm³/mol. The normalized spacial score (nSPS) is 11.0. The molecule has 6 nitrogen and oxygen atoms in total. The van der Waals surface area contributed by atoms with Crippen molar-refractivity contribution in [2.45, 2.75) is 18.9 Å². The largest absolute Gasteiger partial charge is 0.493 e. The molecule has 0 heterocycles. The van der Waals surface area contributed by atoms with Gasteiger partial charge in [-0.15, -0.1) is 12.4 Å². The van der Waals surface area contributed by atoms with Crippen molar-refractivity contribution in [1.29, 1.82) is 0 Å². The zero-order valence-corrected chi connectivity index (χ0v) is 15.3. The number of carbonyl (C=O) groups is 2. The third-order valence-corrected chi connectivity index (χ3v) is 3.56. The van der Waals surface area contributed by atoms with Gasteiger partial charge in [0, 0.05) is 5.69 Å². The maximum absolute atomic E-state index is 12.2. The van der Waals surface area contributed by atoms with Crippen LogP contribution in [0.2, 0.25) is 0 Å². The van der Waals surface area contributed by atoms with Gasteiger partial charge < -0.3 is 20.5 Å². The average molecular weight is 379 g/mol. The smallest absolute Gasteiger partial charge is 0.308 e. The summed E-state index contributed by atoms with van der Waals surface area (Å²) >= 11 is 0. The van der Waals surface area contributed by atoms with Crippen molar-refractivity contribution in [3.8, 4) is 5.75 Å². The molecule has 2 aromatic carbocycles. The number of hydrogen-bond acceptors (Lipinski definition) is 5. The zero-order chi connectivity index (χ0) is 18.1. The van der Waals surface area contributed by atoms with E-state index in [1.165, 1.54) is 7.11 Å². The summed E-state index contributed by atoms with van der Waals surface area (Å²) in [5, 5.41) is 2.78.